The maximum Gasteiger partial charge on any atom is 0.173 e. The molecule has 1 aromatic rings. The predicted octanol–water partition coefficient (Wildman–Crippen LogP) is 0.988. The van der Waals surface area contributed by atoms with E-state index in [2.05, 4.69) is 11.2 Å². The van der Waals surface area contributed by atoms with E-state index in [1.807, 2.05) is 25.8 Å². The predicted molar refractivity (Wildman–Crippen MR) is 60.3 cm³/mol. The molecule has 1 aromatic heterocycles. The fourth-order valence-electron chi connectivity index (χ4n) is 1.48. The SMILES string of the molecule is CCN(CC(C)C#N)c1nn(C)cc1N. The van der Waals surface area contributed by atoms with E-state index in [9.17, 15) is 0 Å². The zero-order valence-corrected chi connectivity index (χ0v) is 9.44. The molecule has 0 aromatic carbocycles. The summed E-state index contributed by atoms with van der Waals surface area (Å²) in [5.41, 5.74) is 6.48. The first-order chi connectivity index (χ1) is 7.08. The summed E-state index contributed by atoms with van der Waals surface area (Å²) in [6, 6.07) is 2.21. The summed E-state index contributed by atoms with van der Waals surface area (Å²) in [5.74, 6) is 0.744. The number of aryl methyl sites for hydroxylation is 1. The lowest BCUT2D eigenvalue weighted by atomic mass is 10.2. The molecule has 1 heterocycles. The van der Waals surface area contributed by atoms with Crippen molar-refractivity contribution in [3.8, 4) is 6.07 Å². The van der Waals surface area contributed by atoms with Crippen LogP contribution in [-0.4, -0.2) is 22.9 Å². The summed E-state index contributed by atoms with van der Waals surface area (Å²) in [6.45, 7) is 5.38. The van der Waals surface area contributed by atoms with Crippen molar-refractivity contribution in [1.29, 1.82) is 5.26 Å². The van der Waals surface area contributed by atoms with Crippen LogP contribution in [0, 0.1) is 17.2 Å². The zero-order valence-electron chi connectivity index (χ0n) is 9.44. The van der Waals surface area contributed by atoms with Crippen molar-refractivity contribution in [1.82, 2.24) is 9.78 Å². The lowest BCUT2D eigenvalue weighted by molar-refractivity contribution is 0.667. The molecule has 5 heteroatoms. The van der Waals surface area contributed by atoms with Crippen molar-refractivity contribution in [2.24, 2.45) is 13.0 Å². The number of hydrogen-bond donors (Lipinski definition) is 1. The van der Waals surface area contributed by atoms with Crippen LogP contribution in [-0.2, 0) is 7.05 Å². The standard InChI is InChI=1S/C10H17N5/c1-4-15(6-8(2)5-11)10-9(12)7-14(3)13-10/h7-8H,4,6,12H2,1-3H3. The monoisotopic (exact) mass is 207 g/mol. The summed E-state index contributed by atoms with van der Waals surface area (Å²) in [5, 5.41) is 13.0. The second kappa shape index (κ2) is 4.69. The van der Waals surface area contributed by atoms with Gasteiger partial charge in [-0.1, -0.05) is 0 Å². The lowest BCUT2D eigenvalue weighted by Crippen LogP contribution is -2.28. The Morgan fingerprint density at radius 2 is 2.40 bits per heavy atom. The van der Waals surface area contributed by atoms with Crippen LogP contribution in [0.5, 0.6) is 0 Å². The van der Waals surface area contributed by atoms with Gasteiger partial charge in [-0.2, -0.15) is 10.4 Å². The van der Waals surface area contributed by atoms with E-state index in [1.54, 1.807) is 10.9 Å². The van der Waals surface area contributed by atoms with E-state index in [1.165, 1.54) is 0 Å². The number of nitriles is 1. The van der Waals surface area contributed by atoms with Gasteiger partial charge in [-0.25, -0.2) is 0 Å². The highest BCUT2D eigenvalue weighted by molar-refractivity contribution is 5.61. The third-order valence-electron chi connectivity index (χ3n) is 2.23. The van der Waals surface area contributed by atoms with Crippen LogP contribution in [0.1, 0.15) is 13.8 Å². The molecule has 82 valence electrons. The Morgan fingerprint density at radius 3 is 2.80 bits per heavy atom. The highest BCUT2D eigenvalue weighted by Crippen LogP contribution is 2.20. The number of aromatic nitrogens is 2. The number of anilines is 2. The molecule has 0 aliphatic heterocycles. The van der Waals surface area contributed by atoms with Crippen molar-refractivity contribution in [3.63, 3.8) is 0 Å². The van der Waals surface area contributed by atoms with E-state index >= 15 is 0 Å². The molecule has 0 aliphatic rings. The van der Waals surface area contributed by atoms with Crippen LogP contribution >= 0.6 is 0 Å². The average Bonchev–Trinajstić information content (AvgIpc) is 2.54. The van der Waals surface area contributed by atoms with Crippen LogP contribution in [0.4, 0.5) is 11.5 Å². The maximum atomic E-state index is 8.77. The van der Waals surface area contributed by atoms with Gasteiger partial charge in [-0.05, 0) is 13.8 Å². The van der Waals surface area contributed by atoms with Crippen LogP contribution < -0.4 is 10.6 Å². The Hall–Kier alpha value is -1.70. The fourth-order valence-corrected chi connectivity index (χ4v) is 1.48. The number of rotatable bonds is 4. The molecule has 0 saturated heterocycles. The highest BCUT2D eigenvalue weighted by Gasteiger charge is 2.14. The van der Waals surface area contributed by atoms with Crippen LogP contribution in [0.2, 0.25) is 0 Å². The molecule has 1 atom stereocenters. The van der Waals surface area contributed by atoms with Gasteiger partial charge in [0.1, 0.15) is 0 Å². The molecule has 0 radical (unpaired) electrons. The first kappa shape index (κ1) is 11.4. The molecule has 0 bridgehead atoms. The van der Waals surface area contributed by atoms with Gasteiger partial charge in [-0.3, -0.25) is 4.68 Å². The molecule has 0 saturated carbocycles. The van der Waals surface area contributed by atoms with Crippen molar-refractivity contribution >= 4 is 11.5 Å². The summed E-state index contributed by atoms with van der Waals surface area (Å²) in [6.07, 6.45) is 1.77. The summed E-state index contributed by atoms with van der Waals surface area (Å²) < 4.78 is 1.68. The quantitative estimate of drug-likeness (QED) is 0.799. The molecular formula is C10H17N5. The Bertz CT molecular complexity index is 362. The minimum atomic E-state index is -0.0219. The van der Waals surface area contributed by atoms with Crippen LogP contribution in [0.15, 0.2) is 6.20 Å². The average molecular weight is 207 g/mol. The molecular weight excluding hydrogens is 190 g/mol. The van der Waals surface area contributed by atoms with Crippen LogP contribution in [0.3, 0.4) is 0 Å². The Morgan fingerprint density at radius 1 is 1.73 bits per heavy atom. The smallest absolute Gasteiger partial charge is 0.173 e. The topological polar surface area (TPSA) is 70.9 Å². The number of hydrogen-bond acceptors (Lipinski definition) is 4. The molecule has 0 amide bonds. The zero-order chi connectivity index (χ0) is 11.4. The summed E-state index contributed by atoms with van der Waals surface area (Å²) >= 11 is 0. The molecule has 2 N–H and O–H groups in total. The lowest BCUT2D eigenvalue weighted by Gasteiger charge is -2.21. The van der Waals surface area contributed by atoms with Crippen molar-refractivity contribution < 1.29 is 0 Å². The van der Waals surface area contributed by atoms with Crippen molar-refractivity contribution in [3.05, 3.63) is 6.20 Å². The second-order valence-corrected chi connectivity index (χ2v) is 3.65. The molecule has 0 spiro atoms. The Kier molecular flexibility index (Phi) is 3.56. The Balaban J connectivity index is 2.83. The first-order valence-electron chi connectivity index (χ1n) is 5.02. The van der Waals surface area contributed by atoms with Gasteiger partial charge in [-0.15, -0.1) is 0 Å². The molecule has 1 rings (SSSR count). The largest absolute Gasteiger partial charge is 0.394 e. The van der Waals surface area contributed by atoms with Gasteiger partial charge in [0.2, 0.25) is 0 Å². The fraction of sp³-hybridized carbons (Fsp3) is 0.600. The van der Waals surface area contributed by atoms with Gasteiger partial charge in [0.15, 0.2) is 5.82 Å². The number of nitrogen functional groups attached to an aromatic ring is 1. The van der Waals surface area contributed by atoms with E-state index in [0.29, 0.717) is 12.2 Å². The minimum absolute atomic E-state index is 0.0219. The second-order valence-electron chi connectivity index (χ2n) is 3.65. The van der Waals surface area contributed by atoms with Crippen molar-refractivity contribution in [2.45, 2.75) is 13.8 Å². The van der Waals surface area contributed by atoms with E-state index in [4.69, 9.17) is 11.0 Å². The molecule has 0 fully saturated rings. The van der Waals surface area contributed by atoms with E-state index in [-0.39, 0.29) is 5.92 Å². The number of nitrogens with two attached hydrogens (primary N) is 1. The van der Waals surface area contributed by atoms with Gasteiger partial charge in [0.05, 0.1) is 17.7 Å². The summed E-state index contributed by atoms with van der Waals surface area (Å²) in [7, 11) is 1.83. The molecule has 1 unspecified atom stereocenters. The van der Waals surface area contributed by atoms with Gasteiger partial charge in [0.25, 0.3) is 0 Å². The third-order valence-corrected chi connectivity index (χ3v) is 2.23. The molecule has 0 aliphatic carbocycles. The minimum Gasteiger partial charge on any atom is -0.394 e. The van der Waals surface area contributed by atoms with E-state index < -0.39 is 0 Å². The Labute approximate surface area is 90.1 Å². The normalized spacial score (nSPS) is 12.1. The highest BCUT2D eigenvalue weighted by atomic mass is 15.3. The summed E-state index contributed by atoms with van der Waals surface area (Å²) in [4.78, 5) is 2.02. The maximum absolute atomic E-state index is 8.77. The molecule has 5 nitrogen and oxygen atoms in total. The van der Waals surface area contributed by atoms with Crippen LogP contribution in [0.25, 0.3) is 0 Å². The first-order valence-corrected chi connectivity index (χ1v) is 5.02. The van der Waals surface area contributed by atoms with Gasteiger partial charge in [0, 0.05) is 26.3 Å². The van der Waals surface area contributed by atoms with Crippen molar-refractivity contribution in [2.75, 3.05) is 23.7 Å². The van der Waals surface area contributed by atoms with Gasteiger partial charge >= 0.3 is 0 Å². The molecule has 15 heavy (non-hydrogen) atoms. The third kappa shape index (κ3) is 2.62. The number of nitrogens with zero attached hydrogens (tertiary/aromatic N) is 4. The van der Waals surface area contributed by atoms with E-state index in [0.717, 1.165) is 12.4 Å². The van der Waals surface area contributed by atoms with Gasteiger partial charge < -0.3 is 10.6 Å².